The molecule has 0 fully saturated rings. The minimum Gasteiger partial charge on any atom is -0.588 e. The molecule has 0 heterocycles. The number of halogens is 1. The Labute approximate surface area is 180 Å². The predicted molar refractivity (Wildman–Crippen MR) is 122 cm³/mol. The molecule has 0 saturated carbocycles. The molecule has 5 nitrogen and oxygen atoms in total. The van der Waals surface area contributed by atoms with Gasteiger partial charge in [0.25, 0.3) is 0 Å². The lowest BCUT2D eigenvalue weighted by atomic mass is 10.1. The smallest absolute Gasteiger partial charge is 0.180 e. The van der Waals surface area contributed by atoms with Crippen molar-refractivity contribution in [2.45, 2.75) is 11.4 Å². The monoisotopic (exact) mass is 438 g/mol. The quantitative estimate of drug-likeness (QED) is 0.331. The van der Waals surface area contributed by atoms with Crippen molar-refractivity contribution < 1.29 is 13.9 Å². The molecule has 0 aromatic heterocycles. The Morgan fingerprint density at radius 1 is 0.867 bits per heavy atom. The van der Waals surface area contributed by atoms with Crippen molar-refractivity contribution in [3.63, 3.8) is 0 Å². The van der Waals surface area contributed by atoms with E-state index in [4.69, 9.17) is 11.6 Å². The number of fused-ring (bicyclic) bond motifs is 1. The number of nitrogens with one attached hydrogen (secondary N) is 2. The minimum atomic E-state index is -3.71. The molecule has 0 aliphatic carbocycles. The van der Waals surface area contributed by atoms with E-state index in [2.05, 4.69) is 10.0 Å². The zero-order valence-electron chi connectivity index (χ0n) is 15.8. The van der Waals surface area contributed by atoms with E-state index in [1.54, 1.807) is 36.4 Å². The van der Waals surface area contributed by atoms with Crippen LogP contribution in [0.25, 0.3) is 10.8 Å². The second kappa shape index (κ2) is 8.36. The van der Waals surface area contributed by atoms with Gasteiger partial charge < -0.3 is 15.0 Å². The summed E-state index contributed by atoms with van der Waals surface area (Å²) in [6, 6.07) is 24.5. The van der Waals surface area contributed by atoms with Gasteiger partial charge in [-0.05, 0) is 59.3 Å². The van der Waals surface area contributed by atoms with Gasteiger partial charge in [0.15, 0.2) is 15.3 Å². The molecule has 0 spiro atoms. The Bertz CT molecular complexity index is 1240. The van der Waals surface area contributed by atoms with Gasteiger partial charge in [0.05, 0.1) is 5.69 Å². The Morgan fingerprint density at radius 3 is 2.30 bits per heavy atom. The van der Waals surface area contributed by atoms with Crippen LogP contribution in [0.5, 0.6) is 5.75 Å². The summed E-state index contributed by atoms with van der Waals surface area (Å²) in [6.07, 6.45) is 0. The molecule has 4 rings (SSSR count). The summed E-state index contributed by atoms with van der Waals surface area (Å²) in [4.78, 5) is 0.163. The number of hydrogen-bond acceptors (Lipinski definition) is 4. The number of hydrogen-bond donors (Lipinski definition) is 3. The molecule has 0 radical (unpaired) electrons. The summed E-state index contributed by atoms with van der Waals surface area (Å²) in [5.41, 5.74) is 1.93. The fourth-order valence-corrected chi connectivity index (χ4v) is 4.32. The number of benzene rings is 4. The summed E-state index contributed by atoms with van der Waals surface area (Å²) >= 11 is 5.84. The molecule has 0 amide bonds. The number of phenolic OH excluding ortho intramolecular Hbond substituents is 1. The topological polar surface area (TPSA) is 84.4 Å². The van der Waals surface area contributed by atoms with E-state index in [1.165, 1.54) is 18.2 Å². The van der Waals surface area contributed by atoms with Crippen LogP contribution in [0.15, 0.2) is 89.8 Å². The van der Waals surface area contributed by atoms with Gasteiger partial charge >= 0.3 is 0 Å². The molecule has 3 N–H and O–H groups in total. The summed E-state index contributed by atoms with van der Waals surface area (Å²) in [6.45, 7) is 0.379. The van der Waals surface area contributed by atoms with Gasteiger partial charge in [-0.1, -0.05) is 52.2 Å². The maximum Gasteiger partial charge on any atom is 0.180 e. The fourth-order valence-electron chi connectivity index (χ4n) is 3.10. The Kier molecular flexibility index (Phi) is 5.63. The van der Waals surface area contributed by atoms with E-state index < -0.39 is 10.4 Å². The van der Waals surface area contributed by atoms with E-state index >= 15 is 0 Å². The van der Waals surface area contributed by atoms with Crippen LogP contribution in [0.3, 0.4) is 0 Å². The molecule has 0 saturated heterocycles. The Hall–Kier alpha value is -3.06. The van der Waals surface area contributed by atoms with Crippen molar-refractivity contribution in [1.82, 2.24) is 0 Å². The van der Waals surface area contributed by atoms with E-state index in [-0.39, 0.29) is 10.6 Å². The van der Waals surface area contributed by atoms with Crippen molar-refractivity contribution >= 4 is 44.1 Å². The Balaban J connectivity index is 1.45. The Morgan fingerprint density at radius 2 is 1.57 bits per heavy atom. The van der Waals surface area contributed by atoms with Crippen LogP contribution in [0.2, 0.25) is 5.02 Å². The lowest BCUT2D eigenvalue weighted by Gasteiger charge is -2.17. The van der Waals surface area contributed by atoms with Gasteiger partial charge in [-0.15, -0.1) is 0 Å². The molecule has 1 unspecified atom stereocenters. The maximum atomic E-state index is 12.7. The largest absolute Gasteiger partial charge is 0.588 e. The van der Waals surface area contributed by atoms with Crippen molar-refractivity contribution in [1.29, 1.82) is 0 Å². The molecule has 7 heteroatoms. The molecule has 0 bridgehead atoms. The van der Waals surface area contributed by atoms with Crippen LogP contribution in [0.4, 0.5) is 11.4 Å². The first-order chi connectivity index (χ1) is 14.4. The summed E-state index contributed by atoms with van der Waals surface area (Å²) in [5.74, 6) is 0.105. The third kappa shape index (κ3) is 4.57. The first kappa shape index (κ1) is 20.2. The predicted octanol–water partition coefficient (Wildman–Crippen LogP) is 5.83. The molecular weight excluding hydrogens is 420 g/mol. The molecule has 30 heavy (non-hydrogen) atoms. The standard InChI is InChI=1S/C23H19ClN2O3S/c24-19-7-5-18(23(27)14-19)15-25-20-9-11-22(12-10-20)30(28,29)26-21-8-6-16-3-1-2-4-17(16)13-21/h1-14H,15H2,(H3-,25,26,27,28,29). The van der Waals surface area contributed by atoms with Crippen LogP contribution in [0, 0.1) is 0 Å². The molecule has 0 aliphatic heterocycles. The van der Waals surface area contributed by atoms with Gasteiger partial charge in [-0.25, -0.2) is 4.72 Å². The van der Waals surface area contributed by atoms with Crippen LogP contribution < -0.4 is 10.0 Å². The maximum absolute atomic E-state index is 12.7. The average Bonchev–Trinajstić information content (AvgIpc) is 2.73. The average molecular weight is 439 g/mol. The zero-order valence-corrected chi connectivity index (χ0v) is 17.4. The highest BCUT2D eigenvalue weighted by Crippen LogP contribution is 2.26. The second-order valence-corrected chi connectivity index (χ2v) is 8.94. The highest BCUT2D eigenvalue weighted by molar-refractivity contribution is 7.98. The van der Waals surface area contributed by atoms with Crippen LogP contribution >= 0.6 is 11.6 Å². The molecule has 4 aromatic carbocycles. The van der Waals surface area contributed by atoms with E-state index in [1.807, 2.05) is 30.3 Å². The van der Waals surface area contributed by atoms with Gasteiger partial charge in [0.2, 0.25) is 0 Å². The second-order valence-electron chi connectivity index (χ2n) is 6.82. The van der Waals surface area contributed by atoms with Crippen LogP contribution in [-0.2, 0) is 21.2 Å². The SMILES string of the molecule is O=[S+]([O-])(Nc1ccc2ccccc2c1)c1ccc(NCc2ccc(Cl)cc2O)cc1. The first-order valence-electron chi connectivity index (χ1n) is 9.24. The number of anilines is 2. The molecule has 0 aliphatic rings. The van der Waals surface area contributed by atoms with E-state index in [9.17, 15) is 13.9 Å². The lowest BCUT2D eigenvalue weighted by Crippen LogP contribution is -2.20. The van der Waals surface area contributed by atoms with Crippen molar-refractivity contribution in [3.8, 4) is 5.75 Å². The highest BCUT2D eigenvalue weighted by atomic mass is 35.5. The molecule has 1 atom stereocenters. The molecule has 152 valence electrons. The number of rotatable bonds is 6. The molecular formula is C23H19ClN2O3S. The van der Waals surface area contributed by atoms with Gasteiger partial charge in [-0.2, -0.15) is 0 Å². The fraction of sp³-hybridized carbons (Fsp3) is 0.0435. The number of phenols is 1. The van der Waals surface area contributed by atoms with Gasteiger partial charge in [-0.3, -0.25) is 0 Å². The first-order valence-corrected chi connectivity index (χ1v) is 11.1. The van der Waals surface area contributed by atoms with Gasteiger partial charge in [0.1, 0.15) is 5.75 Å². The minimum absolute atomic E-state index is 0.105. The third-order valence-electron chi connectivity index (χ3n) is 4.70. The lowest BCUT2D eigenvalue weighted by molar-refractivity contribution is 0.469. The van der Waals surface area contributed by atoms with Crippen molar-refractivity contribution in [2.75, 3.05) is 10.0 Å². The molecule has 4 aromatic rings. The number of sulfonamides is 1. The summed E-state index contributed by atoms with van der Waals surface area (Å²) in [5, 5.41) is 15.5. The van der Waals surface area contributed by atoms with Crippen molar-refractivity contribution in [3.05, 3.63) is 95.5 Å². The zero-order chi connectivity index (χ0) is 21.1. The summed E-state index contributed by atoms with van der Waals surface area (Å²) < 4.78 is 28.1. The highest BCUT2D eigenvalue weighted by Gasteiger charge is 2.20. The van der Waals surface area contributed by atoms with E-state index in [0.717, 1.165) is 16.5 Å². The van der Waals surface area contributed by atoms with Crippen molar-refractivity contribution in [2.24, 2.45) is 0 Å². The number of aromatic hydroxyl groups is 1. The van der Waals surface area contributed by atoms with Crippen LogP contribution in [0.1, 0.15) is 5.56 Å². The van der Waals surface area contributed by atoms with E-state index in [0.29, 0.717) is 22.8 Å². The normalized spacial score (nSPS) is 13.0. The van der Waals surface area contributed by atoms with Gasteiger partial charge in [0, 0.05) is 22.8 Å². The van der Waals surface area contributed by atoms with Crippen LogP contribution in [-0.4, -0.2) is 9.66 Å². The summed E-state index contributed by atoms with van der Waals surface area (Å²) in [7, 11) is -3.71. The third-order valence-corrected chi connectivity index (χ3v) is 6.33.